The van der Waals surface area contributed by atoms with Gasteiger partial charge in [-0.3, -0.25) is 13.9 Å². The minimum Gasteiger partial charge on any atom is -0.355 e. The number of nitrogens with zero attached hydrogens (tertiary/aromatic N) is 2. The lowest BCUT2D eigenvalue weighted by molar-refractivity contribution is -0.140. The van der Waals surface area contributed by atoms with Crippen LogP contribution >= 0.6 is 0 Å². The highest BCUT2D eigenvalue weighted by Crippen LogP contribution is 2.23. The summed E-state index contributed by atoms with van der Waals surface area (Å²) in [7, 11) is -3.77. The van der Waals surface area contributed by atoms with Gasteiger partial charge in [0.2, 0.25) is 21.8 Å². The molecule has 2 aromatic rings. The predicted molar refractivity (Wildman–Crippen MR) is 123 cm³/mol. The van der Waals surface area contributed by atoms with Crippen molar-refractivity contribution in [2.75, 3.05) is 23.7 Å². The van der Waals surface area contributed by atoms with Crippen LogP contribution in [0.1, 0.15) is 31.4 Å². The molecule has 9 heteroatoms. The number of amides is 2. The van der Waals surface area contributed by atoms with Crippen LogP contribution in [-0.2, 0) is 26.2 Å². The molecule has 7 nitrogen and oxygen atoms in total. The van der Waals surface area contributed by atoms with Crippen LogP contribution in [0.2, 0.25) is 0 Å². The molecule has 174 valence electrons. The van der Waals surface area contributed by atoms with Crippen LogP contribution in [0.25, 0.3) is 0 Å². The number of likely N-dealkylation sites (N-methyl/N-ethyl adjacent to an activating group) is 1. The van der Waals surface area contributed by atoms with Crippen LogP contribution in [-0.4, -0.2) is 50.5 Å². The third-order valence-electron chi connectivity index (χ3n) is 5.07. The molecule has 0 saturated heterocycles. The number of rotatable bonds is 10. The standard InChI is InChI=1S/C23H30FN3O4S/c1-5-20(23(29)25-6-2)26(15-18-11-13-19(24)14-12-18)22(28)16-27(32(4,30)31)21-10-8-7-9-17(21)3/h7-14,20H,5-6,15-16H2,1-4H3,(H,25,29)/t20-/m1/s1. The van der Waals surface area contributed by atoms with Crippen LogP contribution in [0.15, 0.2) is 48.5 Å². The van der Waals surface area contributed by atoms with E-state index in [2.05, 4.69) is 5.32 Å². The van der Waals surface area contributed by atoms with Crippen molar-refractivity contribution in [1.82, 2.24) is 10.2 Å². The molecule has 0 bridgehead atoms. The van der Waals surface area contributed by atoms with Crippen molar-refractivity contribution >= 4 is 27.5 Å². The summed E-state index contributed by atoms with van der Waals surface area (Å²) in [6.07, 6.45) is 1.38. The predicted octanol–water partition coefficient (Wildman–Crippen LogP) is 2.84. The molecular formula is C23H30FN3O4S. The zero-order chi connectivity index (χ0) is 23.9. The summed E-state index contributed by atoms with van der Waals surface area (Å²) in [5.74, 6) is -1.27. The molecule has 0 aromatic heterocycles. The van der Waals surface area contributed by atoms with Crippen LogP contribution in [0.3, 0.4) is 0 Å². The van der Waals surface area contributed by atoms with E-state index in [1.54, 1.807) is 45.0 Å². The lowest BCUT2D eigenvalue weighted by Crippen LogP contribution is -2.52. The maximum absolute atomic E-state index is 13.4. The first-order valence-corrected chi connectivity index (χ1v) is 12.3. The highest BCUT2D eigenvalue weighted by Gasteiger charge is 2.31. The van der Waals surface area contributed by atoms with Gasteiger partial charge in [0, 0.05) is 13.1 Å². The molecule has 1 atom stereocenters. The van der Waals surface area contributed by atoms with Crippen LogP contribution in [0.5, 0.6) is 0 Å². The summed E-state index contributed by atoms with van der Waals surface area (Å²) in [5.41, 5.74) is 1.73. The molecule has 0 spiro atoms. The Morgan fingerprint density at radius 2 is 1.69 bits per heavy atom. The smallest absolute Gasteiger partial charge is 0.244 e. The first-order valence-electron chi connectivity index (χ1n) is 10.4. The summed E-state index contributed by atoms with van der Waals surface area (Å²) >= 11 is 0. The van der Waals surface area contributed by atoms with E-state index in [1.165, 1.54) is 29.2 Å². The number of carbonyl (C=O) groups is 2. The second kappa shape index (κ2) is 11.1. The van der Waals surface area contributed by atoms with Crippen molar-refractivity contribution in [3.8, 4) is 0 Å². The minimum absolute atomic E-state index is 0.0418. The number of sulfonamides is 1. The summed E-state index contributed by atoms with van der Waals surface area (Å²) < 4.78 is 39.5. The molecule has 32 heavy (non-hydrogen) atoms. The first kappa shape index (κ1) is 25.3. The third kappa shape index (κ3) is 6.53. The molecule has 0 aliphatic rings. The molecule has 0 radical (unpaired) electrons. The molecule has 0 saturated carbocycles. The Bertz CT molecular complexity index is 1040. The largest absolute Gasteiger partial charge is 0.355 e. The van der Waals surface area contributed by atoms with E-state index in [9.17, 15) is 22.4 Å². The maximum atomic E-state index is 13.4. The van der Waals surface area contributed by atoms with Crippen molar-refractivity contribution < 1.29 is 22.4 Å². The van der Waals surface area contributed by atoms with Crippen molar-refractivity contribution in [2.45, 2.75) is 39.8 Å². The van der Waals surface area contributed by atoms with Gasteiger partial charge in [-0.05, 0) is 49.6 Å². The van der Waals surface area contributed by atoms with Crippen LogP contribution in [0.4, 0.5) is 10.1 Å². The van der Waals surface area contributed by atoms with Gasteiger partial charge < -0.3 is 10.2 Å². The van der Waals surface area contributed by atoms with Gasteiger partial charge >= 0.3 is 0 Å². The molecule has 0 aliphatic heterocycles. The Balaban J connectivity index is 2.43. The van der Waals surface area contributed by atoms with Crippen molar-refractivity contribution in [2.24, 2.45) is 0 Å². The van der Waals surface area contributed by atoms with E-state index in [1.807, 2.05) is 0 Å². The van der Waals surface area contributed by atoms with Gasteiger partial charge in [0.25, 0.3) is 0 Å². The number of nitrogens with one attached hydrogen (secondary N) is 1. The Hall–Kier alpha value is -2.94. The average Bonchev–Trinajstić information content (AvgIpc) is 2.73. The van der Waals surface area contributed by atoms with Gasteiger partial charge in [0.15, 0.2) is 0 Å². The second-order valence-corrected chi connectivity index (χ2v) is 9.43. The molecule has 2 aromatic carbocycles. The quantitative estimate of drug-likeness (QED) is 0.587. The monoisotopic (exact) mass is 463 g/mol. The number of aryl methyl sites for hydroxylation is 1. The number of para-hydroxylation sites is 1. The zero-order valence-corrected chi connectivity index (χ0v) is 19.7. The lowest BCUT2D eigenvalue weighted by atomic mass is 10.1. The number of benzene rings is 2. The van der Waals surface area contributed by atoms with Crippen molar-refractivity contribution in [1.29, 1.82) is 0 Å². The highest BCUT2D eigenvalue weighted by atomic mass is 32.2. The number of anilines is 1. The summed E-state index contributed by atoms with van der Waals surface area (Å²) in [6, 6.07) is 11.7. The maximum Gasteiger partial charge on any atom is 0.244 e. The van der Waals surface area contributed by atoms with Gasteiger partial charge in [-0.15, -0.1) is 0 Å². The third-order valence-corrected chi connectivity index (χ3v) is 6.19. The molecular weight excluding hydrogens is 433 g/mol. The van der Waals surface area contributed by atoms with E-state index < -0.39 is 34.3 Å². The summed E-state index contributed by atoms with van der Waals surface area (Å²) in [5, 5.41) is 2.73. The van der Waals surface area contributed by atoms with Gasteiger partial charge in [-0.25, -0.2) is 12.8 Å². The fourth-order valence-corrected chi connectivity index (χ4v) is 4.34. The van der Waals surface area contributed by atoms with Crippen LogP contribution < -0.4 is 9.62 Å². The molecule has 0 heterocycles. The zero-order valence-electron chi connectivity index (χ0n) is 18.8. The molecule has 0 aliphatic carbocycles. The molecule has 2 amide bonds. The Kier molecular flexibility index (Phi) is 8.77. The van der Waals surface area contributed by atoms with E-state index in [0.717, 1.165) is 10.6 Å². The average molecular weight is 464 g/mol. The Morgan fingerprint density at radius 1 is 1.06 bits per heavy atom. The Labute approximate surface area is 189 Å². The Morgan fingerprint density at radius 3 is 2.22 bits per heavy atom. The topological polar surface area (TPSA) is 86.8 Å². The van der Waals surface area contributed by atoms with Crippen LogP contribution in [0, 0.1) is 12.7 Å². The number of halogens is 1. The number of hydrogen-bond donors (Lipinski definition) is 1. The lowest BCUT2D eigenvalue weighted by Gasteiger charge is -2.33. The minimum atomic E-state index is -3.77. The van der Waals surface area contributed by atoms with E-state index in [-0.39, 0.29) is 12.5 Å². The molecule has 0 fully saturated rings. The highest BCUT2D eigenvalue weighted by molar-refractivity contribution is 7.92. The van der Waals surface area contributed by atoms with Crippen molar-refractivity contribution in [3.63, 3.8) is 0 Å². The SMILES string of the molecule is CCNC(=O)[C@@H](CC)N(Cc1ccc(F)cc1)C(=O)CN(c1ccccc1C)S(C)(=O)=O. The number of hydrogen-bond acceptors (Lipinski definition) is 4. The first-order chi connectivity index (χ1) is 15.1. The van der Waals surface area contributed by atoms with Gasteiger partial charge in [-0.2, -0.15) is 0 Å². The fraction of sp³-hybridized carbons (Fsp3) is 0.391. The van der Waals surface area contributed by atoms with Gasteiger partial charge in [-0.1, -0.05) is 37.3 Å². The normalized spacial score (nSPS) is 12.2. The number of carbonyl (C=O) groups excluding carboxylic acids is 2. The molecule has 1 N–H and O–H groups in total. The van der Waals surface area contributed by atoms with Gasteiger partial charge in [0.05, 0.1) is 11.9 Å². The van der Waals surface area contributed by atoms with Gasteiger partial charge in [0.1, 0.15) is 18.4 Å². The summed E-state index contributed by atoms with van der Waals surface area (Å²) in [4.78, 5) is 27.5. The van der Waals surface area contributed by atoms with Crippen molar-refractivity contribution in [3.05, 3.63) is 65.5 Å². The molecule has 0 unspecified atom stereocenters. The van der Waals surface area contributed by atoms with E-state index in [0.29, 0.717) is 29.8 Å². The summed E-state index contributed by atoms with van der Waals surface area (Å²) in [6.45, 7) is 5.30. The second-order valence-electron chi connectivity index (χ2n) is 7.52. The molecule has 2 rings (SSSR count). The fourth-order valence-electron chi connectivity index (χ4n) is 3.44. The van der Waals surface area contributed by atoms with E-state index in [4.69, 9.17) is 0 Å². The van der Waals surface area contributed by atoms with E-state index >= 15 is 0 Å².